The number of fused-ring (bicyclic) bond motifs is 1. The summed E-state index contributed by atoms with van der Waals surface area (Å²) in [5.74, 6) is -0.575. The maximum absolute atomic E-state index is 12.2. The summed E-state index contributed by atoms with van der Waals surface area (Å²) in [6.45, 7) is 3.37. The minimum atomic E-state index is -3.74. The number of hydrogen-bond acceptors (Lipinski definition) is 12. The van der Waals surface area contributed by atoms with Crippen molar-refractivity contribution in [3.8, 4) is 0 Å². The fourth-order valence-corrected chi connectivity index (χ4v) is 5.17. The predicted molar refractivity (Wildman–Crippen MR) is 107 cm³/mol. The number of aromatic nitrogens is 2. The molecule has 0 saturated carbocycles. The Hall–Kier alpha value is -1.70. The Bertz CT molecular complexity index is 853. The molecule has 2 aliphatic rings. The number of nitrogens with two attached hydrogens (primary N) is 1. The quantitative estimate of drug-likeness (QED) is 0.213. The number of ether oxygens (including phenoxy) is 3. The van der Waals surface area contributed by atoms with Crippen LogP contribution in [0.25, 0.3) is 0 Å². The number of methoxy groups -OCH3 is 1. The van der Waals surface area contributed by atoms with Gasteiger partial charge in [0.15, 0.2) is 12.3 Å². The monoisotopic (exact) mass is 463 g/mol. The first-order chi connectivity index (χ1) is 14.6. The van der Waals surface area contributed by atoms with E-state index in [1.165, 1.54) is 26.1 Å². The van der Waals surface area contributed by atoms with Gasteiger partial charge in [0.2, 0.25) is 0 Å². The Morgan fingerprint density at radius 3 is 2.97 bits per heavy atom. The second-order valence-corrected chi connectivity index (χ2v) is 9.27. The van der Waals surface area contributed by atoms with Gasteiger partial charge in [-0.1, -0.05) is 0 Å². The lowest BCUT2D eigenvalue weighted by atomic mass is 9.96. The Labute approximate surface area is 179 Å². The minimum Gasteiger partial charge on any atom is -0.464 e. The zero-order valence-electron chi connectivity index (χ0n) is 17.5. The van der Waals surface area contributed by atoms with Gasteiger partial charge in [-0.15, -0.1) is 5.09 Å². The Balaban J connectivity index is 1.67. The highest BCUT2D eigenvalue weighted by atomic mass is 31.2. The first-order valence-electron chi connectivity index (χ1n) is 9.68. The van der Waals surface area contributed by atoms with Crippen molar-refractivity contribution in [2.45, 2.75) is 50.3 Å². The van der Waals surface area contributed by atoms with Crippen LogP contribution in [0.3, 0.4) is 0 Å². The molecular weight excluding hydrogens is 435 g/mol. The van der Waals surface area contributed by atoms with E-state index in [2.05, 4.69) is 10.1 Å². The summed E-state index contributed by atoms with van der Waals surface area (Å²) in [4.78, 5) is 38.7. The van der Waals surface area contributed by atoms with E-state index < -0.39 is 49.8 Å². The Morgan fingerprint density at radius 2 is 2.29 bits per heavy atom. The lowest BCUT2D eigenvalue weighted by molar-refractivity contribution is -0.146. The van der Waals surface area contributed by atoms with Gasteiger partial charge in [0.1, 0.15) is 30.2 Å². The van der Waals surface area contributed by atoms with E-state index in [1.54, 1.807) is 7.11 Å². The molecule has 31 heavy (non-hydrogen) atoms. The highest BCUT2D eigenvalue weighted by molar-refractivity contribution is 7.58. The van der Waals surface area contributed by atoms with Gasteiger partial charge in [-0.05, 0) is 19.9 Å². The lowest BCUT2D eigenvalue weighted by Crippen LogP contribution is -2.51. The van der Waals surface area contributed by atoms with Gasteiger partial charge in [0.25, 0.3) is 0 Å². The third kappa shape index (κ3) is 5.21. The number of aliphatic hydroxyl groups is 1. The summed E-state index contributed by atoms with van der Waals surface area (Å²) < 4.78 is 27.9. The van der Waals surface area contributed by atoms with Crippen molar-refractivity contribution < 1.29 is 38.1 Å². The van der Waals surface area contributed by atoms with Crippen LogP contribution in [0.1, 0.15) is 26.5 Å². The minimum absolute atomic E-state index is 0.0310. The van der Waals surface area contributed by atoms with Crippen LogP contribution in [0.2, 0.25) is 0 Å². The molecule has 1 unspecified atom stereocenters. The molecule has 3 heterocycles. The van der Waals surface area contributed by atoms with E-state index in [9.17, 15) is 19.6 Å². The second-order valence-electron chi connectivity index (χ2n) is 7.50. The standard InChI is InChI=1S/C17H27N4O9P/c1-10(14(22)27-8-4-7-26-3)20-31(25)28-9-11-13(30-31)17(2,24)15(29-11)21-6-5-12(18)19-16(21)23/h5-6,10-11,13,15,20,24-25H,4,7-9H2,1-3H3,(H-,18,19,23)/p+1/t10-,11+,13+,15+,17+,31?/m0/s1. The molecule has 174 valence electrons. The maximum atomic E-state index is 12.2. The number of hydrogen-bond donors (Lipinski definition) is 4. The van der Waals surface area contributed by atoms with Gasteiger partial charge in [-0.25, -0.2) is 4.79 Å². The smallest absolute Gasteiger partial charge is 0.464 e. The Kier molecular flexibility index (Phi) is 7.28. The van der Waals surface area contributed by atoms with Crippen molar-refractivity contribution in [3.05, 3.63) is 22.7 Å². The van der Waals surface area contributed by atoms with E-state index in [1.807, 2.05) is 0 Å². The van der Waals surface area contributed by atoms with Crippen molar-refractivity contribution in [2.24, 2.45) is 0 Å². The van der Waals surface area contributed by atoms with Gasteiger partial charge in [-0.2, -0.15) is 18.9 Å². The van der Waals surface area contributed by atoms with E-state index in [0.29, 0.717) is 13.0 Å². The van der Waals surface area contributed by atoms with Crippen LogP contribution in [0.15, 0.2) is 17.1 Å². The van der Waals surface area contributed by atoms with E-state index in [-0.39, 0.29) is 19.0 Å². The van der Waals surface area contributed by atoms with E-state index in [0.717, 1.165) is 4.57 Å². The van der Waals surface area contributed by atoms with Gasteiger partial charge in [-0.3, -0.25) is 9.36 Å². The molecule has 0 radical (unpaired) electrons. The molecule has 0 amide bonds. The third-order valence-corrected chi connectivity index (χ3v) is 6.66. The second kappa shape index (κ2) is 9.43. The fraction of sp³-hybridized carbons (Fsp3) is 0.706. The highest BCUT2D eigenvalue weighted by Gasteiger charge is 2.65. The molecule has 6 atom stereocenters. The molecule has 5 N–H and O–H groups in total. The summed E-state index contributed by atoms with van der Waals surface area (Å²) in [6.07, 6.45) is -1.09. The number of carbonyl (C=O) groups is 1. The molecule has 0 aliphatic carbocycles. The molecule has 3 rings (SSSR count). The maximum Gasteiger partial charge on any atom is 0.500 e. The SMILES string of the molecule is COCCCOC(=O)[C@H](C)N[P+]1(O)OC[C@H]2O[C@@H](n3ccc(N)nc3=O)[C@](C)(O)[C@@H]2O1. The van der Waals surface area contributed by atoms with Crippen LogP contribution in [-0.4, -0.2) is 76.3 Å². The summed E-state index contributed by atoms with van der Waals surface area (Å²) >= 11 is 0. The number of anilines is 1. The van der Waals surface area contributed by atoms with Crippen molar-refractivity contribution in [2.75, 3.05) is 32.7 Å². The molecule has 13 nitrogen and oxygen atoms in total. The summed E-state index contributed by atoms with van der Waals surface area (Å²) in [5, 5.41) is 13.7. The van der Waals surface area contributed by atoms with Crippen LogP contribution in [-0.2, 0) is 28.1 Å². The molecule has 1 aromatic rings. The Morgan fingerprint density at radius 1 is 1.55 bits per heavy atom. The molecule has 2 fully saturated rings. The van der Waals surface area contributed by atoms with Crippen LogP contribution < -0.4 is 16.5 Å². The first kappa shape index (κ1) is 24.0. The normalized spacial score (nSPS) is 33.6. The topological polar surface area (TPSA) is 177 Å². The molecule has 0 spiro atoms. The lowest BCUT2D eigenvalue weighted by Gasteiger charge is -2.33. The molecule has 1 aromatic heterocycles. The van der Waals surface area contributed by atoms with Gasteiger partial charge in [0.05, 0.1) is 6.61 Å². The molecule has 14 heteroatoms. The van der Waals surface area contributed by atoms with Crippen molar-refractivity contribution in [1.82, 2.24) is 14.6 Å². The molecule has 2 aliphatic heterocycles. The van der Waals surface area contributed by atoms with Crippen LogP contribution in [0.5, 0.6) is 0 Å². The number of carbonyl (C=O) groups excluding carboxylic acids is 1. The van der Waals surface area contributed by atoms with Gasteiger partial charge >= 0.3 is 19.8 Å². The average molecular weight is 463 g/mol. The predicted octanol–water partition coefficient (Wildman–Crippen LogP) is -0.883. The molecule has 0 aromatic carbocycles. The number of esters is 1. The largest absolute Gasteiger partial charge is 0.500 e. The number of nitrogen functional groups attached to an aromatic ring is 1. The van der Waals surface area contributed by atoms with Crippen LogP contribution in [0, 0.1) is 0 Å². The average Bonchev–Trinajstić information content (AvgIpc) is 2.95. The highest BCUT2D eigenvalue weighted by Crippen LogP contribution is 2.61. The summed E-state index contributed by atoms with van der Waals surface area (Å²) in [7, 11) is -2.20. The zero-order valence-corrected chi connectivity index (χ0v) is 18.4. The number of nitrogens with one attached hydrogen (secondary N) is 1. The summed E-state index contributed by atoms with van der Waals surface area (Å²) in [6, 6.07) is 0.453. The van der Waals surface area contributed by atoms with Crippen LogP contribution >= 0.6 is 8.09 Å². The summed E-state index contributed by atoms with van der Waals surface area (Å²) in [5.41, 5.74) is 3.07. The molecular formula is C17H28N4O9P+. The number of nitrogens with zero attached hydrogens (tertiary/aromatic N) is 2. The number of rotatable bonds is 8. The van der Waals surface area contributed by atoms with Crippen molar-refractivity contribution in [3.63, 3.8) is 0 Å². The van der Waals surface area contributed by atoms with Crippen LogP contribution in [0.4, 0.5) is 5.82 Å². The van der Waals surface area contributed by atoms with Crippen molar-refractivity contribution in [1.29, 1.82) is 0 Å². The molecule has 2 saturated heterocycles. The van der Waals surface area contributed by atoms with Crippen molar-refractivity contribution >= 4 is 19.9 Å². The van der Waals surface area contributed by atoms with E-state index >= 15 is 0 Å². The fourth-order valence-electron chi connectivity index (χ4n) is 3.37. The van der Waals surface area contributed by atoms with E-state index in [4.69, 9.17) is 29.0 Å². The molecule has 0 bridgehead atoms. The first-order valence-corrected chi connectivity index (χ1v) is 11.3. The zero-order chi connectivity index (χ0) is 22.8. The third-order valence-electron chi connectivity index (χ3n) is 4.94. The van der Waals surface area contributed by atoms with Gasteiger partial charge < -0.3 is 25.1 Å². The van der Waals surface area contributed by atoms with Gasteiger partial charge in [0, 0.05) is 26.3 Å².